The Balaban J connectivity index is 1.03. The highest BCUT2D eigenvalue weighted by Gasteiger charge is 2.59. The third-order valence-corrected chi connectivity index (χ3v) is 12.8. The number of carbonyl (C=O) groups excluding carboxylic acids is 1. The minimum absolute atomic E-state index is 0.219. The van der Waals surface area contributed by atoms with Crippen molar-refractivity contribution >= 4 is 15.9 Å². The molecule has 5 nitrogen and oxygen atoms in total. The number of ether oxygens (including phenoxy) is 1. The summed E-state index contributed by atoms with van der Waals surface area (Å²) >= 11 is 0. The Hall–Kier alpha value is -1.50. The van der Waals surface area contributed by atoms with E-state index in [4.69, 9.17) is 8.92 Å². The number of rotatable bonds is 11. The molecule has 3 unspecified atom stereocenters. The molecule has 7 atom stereocenters. The molecule has 3 saturated carbocycles. The van der Waals surface area contributed by atoms with Crippen LogP contribution < -0.4 is 0 Å². The molecule has 40 heavy (non-hydrogen) atoms. The highest BCUT2D eigenvalue weighted by Crippen LogP contribution is 2.66. The van der Waals surface area contributed by atoms with Gasteiger partial charge in [0.2, 0.25) is 0 Å². The first-order valence-corrected chi connectivity index (χ1v) is 17.2. The van der Waals surface area contributed by atoms with Crippen molar-refractivity contribution in [3.05, 3.63) is 41.5 Å². The first-order valence-electron chi connectivity index (χ1n) is 15.8. The fourth-order valence-electron chi connectivity index (χ4n) is 9.19. The Morgan fingerprint density at radius 2 is 1.65 bits per heavy atom. The van der Waals surface area contributed by atoms with Gasteiger partial charge in [-0.3, -0.25) is 8.98 Å². The standard InChI is InChI=1S/C34H50O5S/c1-24-9-12-28(13-10-24)40(36,37)39-22-8-6-5-7-21-38-27-17-19-33(3)26(23-27)11-14-29-31-16-15-30(25(2)35)34(31,4)20-18-32(29)33/h9-13,27,29-32H,5-8,14-23H2,1-4H3/t27-,29?,30+,31?,32?,33-,34+/m0/s1. The maximum Gasteiger partial charge on any atom is 0.296 e. The summed E-state index contributed by atoms with van der Waals surface area (Å²) in [6, 6.07) is 6.78. The number of fused-ring (bicyclic) bond motifs is 5. The number of allylic oxidation sites excluding steroid dienone is 1. The smallest absolute Gasteiger partial charge is 0.296 e. The van der Waals surface area contributed by atoms with Crippen molar-refractivity contribution in [3.63, 3.8) is 0 Å². The van der Waals surface area contributed by atoms with Crippen molar-refractivity contribution in [2.75, 3.05) is 13.2 Å². The van der Waals surface area contributed by atoms with E-state index in [-0.39, 0.29) is 22.8 Å². The van der Waals surface area contributed by atoms with Gasteiger partial charge in [-0.1, -0.05) is 56.0 Å². The fourth-order valence-corrected chi connectivity index (χ4v) is 10.1. The molecule has 0 spiro atoms. The lowest BCUT2D eigenvalue weighted by atomic mass is 9.47. The summed E-state index contributed by atoms with van der Waals surface area (Å²) < 4.78 is 36.2. The molecule has 0 saturated heterocycles. The molecule has 1 aromatic carbocycles. The molecule has 5 rings (SSSR count). The van der Waals surface area contributed by atoms with Crippen LogP contribution in [0.2, 0.25) is 0 Å². The van der Waals surface area contributed by atoms with E-state index >= 15 is 0 Å². The van der Waals surface area contributed by atoms with E-state index < -0.39 is 10.1 Å². The third-order valence-electron chi connectivity index (χ3n) is 11.5. The average Bonchev–Trinajstić information content (AvgIpc) is 3.28. The normalized spacial score (nSPS) is 35.4. The number of carbonyl (C=O) groups is 1. The summed E-state index contributed by atoms with van der Waals surface area (Å²) in [4.78, 5) is 12.6. The van der Waals surface area contributed by atoms with Gasteiger partial charge >= 0.3 is 0 Å². The molecule has 6 heteroatoms. The lowest BCUT2D eigenvalue weighted by Crippen LogP contribution is -2.51. The highest BCUT2D eigenvalue weighted by atomic mass is 32.2. The Labute approximate surface area is 242 Å². The van der Waals surface area contributed by atoms with E-state index in [1.807, 2.05) is 13.8 Å². The summed E-state index contributed by atoms with van der Waals surface area (Å²) in [6.07, 6.45) is 16.0. The van der Waals surface area contributed by atoms with Crippen LogP contribution in [-0.4, -0.2) is 33.5 Å². The van der Waals surface area contributed by atoms with Crippen LogP contribution in [0.3, 0.4) is 0 Å². The van der Waals surface area contributed by atoms with Crippen molar-refractivity contribution in [1.29, 1.82) is 0 Å². The van der Waals surface area contributed by atoms with Crippen molar-refractivity contribution in [2.24, 2.45) is 34.5 Å². The summed E-state index contributed by atoms with van der Waals surface area (Å²) in [5.41, 5.74) is 3.19. The quantitative estimate of drug-likeness (QED) is 0.154. The molecule has 0 aliphatic heterocycles. The van der Waals surface area contributed by atoms with Gasteiger partial charge in [0.1, 0.15) is 5.78 Å². The van der Waals surface area contributed by atoms with Gasteiger partial charge in [-0.15, -0.1) is 0 Å². The van der Waals surface area contributed by atoms with Gasteiger partial charge in [0, 0.05) is 12.5 Å². The van der Waals surface area contributed by atoms with Crippen molar-refractivity contribution in [3.8, 4) is 0 Å². The molecule has 1 aromatic rings. The molecular formula is C34H50O5S. The number of unbranched alkanes of at least 4 members (excludes halogenated alkanes) is 3. The number of ketones is 1. The van der Waals surface area contributed by atoms with Crippen LogP contribution in [0.1, 0.15) is 103 Å². The predicted octanol–water partition coefficient (Wildman–Crippen LogP) is 7.81. The molecular weight excluding hydrogens is 520 g/mol. The van der Waals surface area contributed by atoms with Crippen LogP contribution in [0.15, 0.2) is 40.8 Å². The van der Waals surface area contributed by atoms with Crippen LogP contribution in [0.5, 0.6) is 0 Å². The van der Waals surface area contributed by atoms with Gasteiger partial charge in [0.25, 0.3) is 10.1 Å². The van der Waals surface area contributed by atoms with Crippen molar-refractivity contribution in [1.82, 2.24) is 0 Å². The molecule has 0 radical (unpaired) electrons. The van der Waals surface area contributed by atoms with Gasteiger partial charge < -0.3 is 4.74 Å². The van der Waals surface area contributed by atoms with E-state index in [0.717, 1.165) is 69.0 Å². The van der Waals surface area contributed by atoms with Gasteiger partial charge in [-0.05, 0) is 119 Å². The Bertz CT molecular complexity index is 1190. The predicted molar refractivity (Wildman–Crippen MR) is 158 cm³/mol. The maximum atomic E-state index is 12.4. The SMILES string of the molecule is CC(=O)[C@H]1CCC2C3CC=C4C[C@@H](OCCCCCCOS(=O)(=O)c5ccc(C)cc5)CC[C@]4(C)C3CC[C@@]21C. The first kappa shape index (κ1) is 30.0. The number of Topliss-reactive ketones (excluding diaryl/α,β-unsaturated/α-hetero) is 1. The second kappa shape index (κ2) is 12.0. The van der Waals surface area contributed by atoms with Crippen molar-refractivity contribution < 1.29 is 22.1 Å². The summed E-state index contributed by atoms with van der Waals surface area (Å²) in [7, 11) is -3.67. The number of benzene rings is 1. The largest absolute Gasteiger partial charge is 0.378 e. The molecule has 4 aliphatic carbocycles. The number of hydrogen-bond donors (Lipinski definition) is 0. The molecule has 4 aliphatic rings. The Kier molecular flexibility index (Phi) is 9.00. The van der Waals surface area contributed by atoms with Crippen LogP contribution in [0, 0.1) is 41.4 Å². The molecule has 3 fully saturated rings. The molecule has 0 amide bonds. The van der Waals surface area contributed by atoms with Gasteiger partial charge in [0.15, 0.2) is 0 Å². The second-order valence-corrected chi connectivity index (χ2v) is 15.4. The van der Waals surface area contributed by atoms with Crippen LogP contribution in [-0.2, 0) is 23.8 Å². The average molecular weight is 571 g/mol. The summed E-state index contributed by atoms with van der Waals surface area (Å²) in [5, 5.41) is 0. The Morgan fingerprint density at radius 3 is 2.38 bits per heavy atom. The van der Waals surface area contributed by atoms with E-state index in [9.17, 15) is 13.2 Å². The monoisotopic (exact) mass is 570 g/mol. The van der Waals surface area contributed by atoms with Crippen LogP contribution >= 0.6 is 0 Å². The molecule has 222 valence electrons. The highest BCUT2D eigenvalue weighted by molar-refractivity contribution is 7.86. The molecule has 0 N–H and O–H groups in total. The van der Waals surface area contributed by atoms with E-state index in [1.165, 1.54) is 32.1 Å². The minimum atomic E-state index is -3.67. The Morgan fingerprint density at radius 1 is 0.925 bits per heavy atom. The molecule has 0 heterocycles. The third kappa shape index (κ3) is 5.87. The van der Waals surface area contributed by atoms with Crippen molar-refractivity contribution in [2.45, 2.75) is 116 Å². The van der Waals surface area contributed by atoms with Gasteiger partial charge in [-0.2, -0.15) is 8.42 Å². The topological polar surface area (TPSA) is 69.7 Å². The number of hydrogen-bond acceptors (Lipinski definition) is 5. The second-order valence-electron chi connectivity index (χ2n) is 13.8. The van der Waals surface area contributed by atoms with Gasteiger partial charge in [0.05, 0.1) is 17.6 Å². The zero-order chi connectivity index (χ0) is 28.5. The fraction of sp³-hybridized carbons (Fsp3) is 0.735. The van der Waals surface area contributed by atoms with Crippen LogP contribution in [0.25, 0.3) is 0 Å². The molecule has 0 aromatic heterocycles. The van der Waals surface area contributed by atoms with Crippen LogP contribution in [0.4, 0.5) is 0 Å². The van der Waals surface area contributed by atoms with Gasteiger partial charge in [-0.25, -0.2) is 0 Å². The molecule has 0 bridgehead atoms. The zero-order valence-electron chi connectivity index (χ0n) is 25.1. The maximum absolute atomic E-state index is 12.4. The van der Waals surface area contributed by atoms with E-state index in [1.54, 1.807) is 29.8 Å². The summed E-state index contributed by atoms with van der Waals surface area (Å²) in [5.74, 6) is 2.90. The minimum Gasteiger partial charge on any atom is -0.378 e. The summed E-state index contributed by atoms with van der Waals surface area (Å²) in [6.45, 7) is 9.72. The van der Waals surface area contributed by atoms with E-state index in [2.05, 4.69) is 19.9 Å². The number of aryl methyl sites for hydroxylation is 1. The lowest BCUT2D eigenvalue weighted by molar-refractivity contribution is -0.127. The van der Waals surface area contributed by atoms with E-state index in [0.29, 0.717) is 23.2 Å². The first-order chi connectivity index (χ1) is 19.0. The zero-order valence-corrected chi connectivity index (χ0v) is 25.9. The lowest BCUT2D eigenvalue weighted by Gasteiger charge is -2.58.